The van der Waals surface area contributed by atoms with Gasteiger partial charge in [0.15, 0.2) is 17.5 Å². The lowest BCUT2D eigenvalue weighted by atomic mass is 10.1. The third-order valence-electron chi connectivity index (χ3n) is 1.63. The topological polar surface area (TPSA) is 46.2 Å². The van der Waals surface area contributed by atoms with E-state index in [0.29, 0.717) is 0 Å². The van der Waals surface area contributed by atoms with E-state index in [-0.39, 0.29) is 5.56 Å². The minimum Gasteiger partial charge on any atom is -0.394 e. The van der Waals surface area contributed by atoms with E-state index in [1.54, 1.807) is 0 Å². The lowest BCUT2D eigenvalue weighted by Gasteiger charge is -2.08. The zero-order chi connectivity index (χ0) is 10.0. The number of rotatable bonds is 2. The van der Waals surface area contributed by atoms with Gasteiger partial charge < -0.3 is 10.8 Å². The van der Waals surface area contributed by atoms with E-state index >= 15 is 0 Å². The average Bonchev–Trinajstić information content (AvgIpc) is 2.12. The van der Waals surface area contributed by atoms with Gasteiger partial charge in [0.1, 0.15) is 0 Å². The summed E-state index contributed by atoms with van der Waals surface area (Å²) in [6.07, 6.45) is 0. The molecule has 0 aromatic heterocycles. The summed E-state index contributed by atoms with van der Waals surface area (Å²) in [6.45, 7) is -0.454. The van der Waals surface area contributed by atoms with Gasteiger partial charge in [-0.25, -0.2) is 13.2 Å². The molecule has 2 nitrogen and oxygen atoms in total. The maximum absolute atomic E-state index is 12.6. The van der Waals surface area contributed by atoms with Crippen LogP contribution < -0.4 is 5.73 Å². The molecule has 1 aromatic carbocycles. The molecule has 1 rings (SSSR count). The standard InChI is InChI=1S/C8H8F3NO/c9-5-1-4(7(12)3-13)2-6(10)8(5)11/h1-2,7,13H,3,12H2/t7-/m1/s1. The highest BCUT2D eigenvalue weighted by Crippen LogP contribution is 2.17. The molecule has 3 N–H and O–H groups in total. The SMILES string of the molecule is N[C@H](CO)c1cc(F)c(F)c(F)c1. The Hall–Kier alpha value is -1.07. The Kier molecular flexibility index (Phi) is 2.90. The maximum Gasteiger partial charge on any atom is 0.194 e. The Morgan fingerprint density at radius 2 is 1.69 bits per heavy atom. The molecule has 0 spiro atoms. The second kappa shape index (κ2) is 3.76. The third-order valence-corrected chi connectivity index (χ3v) is 1.63. The molecule has 0 fully saturated rings. The van der Waals surface area contributed by atoms with Gasteiger partial charge in [0, 0.05) is 0 Å². The molecule has 0 aliphatic carbocycles. The number of hydrogen-bond acceptors (Lipinski definition) is 2. The van der Waals surface area contributed by atoms with E-state index < -0.39 is 30.1 Å². The minimum absolute atomic E-state index is 0.0268. The van der Waals surface area contributed by atoms with Crippen LogP contribution in [0.4, 0.5) is 13.2 Å². The fourth-order valence-corrected chi connectivity index (χ4v) is 0.895. The summed E-state index contributed by atoms with van der Waals surface area (Å²) >= 11 is 0. The van der Waals surface area contributed by atoms with Gasteiger partial charge >= 0.3 is 0 Å². The van der Waals surface area contributed by atoms with Crippen LogP contribution in [-0.4, -0.2) is 11.7 Å². The summed E-state index contributed by atoms with van der Waals surface area (Å²) in [4.78, 5) is 0. The molecule has 1 aromatic rings. The first-order valence-electron chi connectivity index (χ1n) is 3.57. The lowest BCUT2D eigenvalue weighted by Crippen LogP contribution is -2.15. The highest BCUT2D eigenvalue weighted by atomic mass is 19.2. The molecule has 0 bridgehead atoms. The Labute approximate surface area is 72.8 Å². The number of benzene rings is 1. The molecule has 0 saturated heterocycles. The second-order valence-electron chi connectivity index (χ2n) is 2.59. The summed E-state index contributed by atoms with van der Waals surface area (Å²) in [6, 6.07) is 0.628. The number of hydrogen-bond donors (Lipinski definition) is 2. The lowest BCUT2D eigenvalue weighted by molar-refractivity contribution is 0.267. The van der Waals surface area contributed by atoms with Crippen LogP contribution >= 0.6 is 0 Å². The van der Waals surface area contributed by atoms with Crippen molar-refractivity contribution >= 4 is 0 Å². The van der Waals surface area contributed by atoms with E-state index in [2.05, 4.69) is 0 Å². The van der Waals surface area contributed by atoms with Crippen molar-refractivity contribution in [2.24, 2.45) is 5.73 Å². The molecule has 5 heteroatoms. The molecule has 72 valence electrons. The van der Waals surface area contributed by atoms with Crippen LogP contribution in [0.5, 0.6) is 0 Å². The molecule has 0 saturated carbocycles. The van der Waals surface area contributed by atoms with E-state index in [1.807, 2.05) is 0 Å². The van der Waals surface area contributed by atoms with Crippen molar-refractivity contribution in [2.45, 2.75) is 6.04 Å². The van der Waals surface area contributed by atoms with Gasteiger partial charge in [0.2, 0.25) is 0 Å². The highest BCUT2D eigenvalue weighted by Gasteiger charge is 2.13. The van der Waals surface area contributed by atoms with Crippen LogP contribution in [0.3, 0.4) is 0 Å². The van der Waals surface area contributed by atoms with Gasteiger partial charge in [-0.2, -0.15) is 0 Å². The van der Waals surface area contributed by atoms with Crippen molar-refractivity contribution in [3.05, 3.63) is 35.1 Å². The Bertz CT molecular complexity index is 293. The van der Waals surface area contributed by atoms with Crippen LogP contribution in [-0.2, 0) is 0 Å². The molecule has 0 aliphatic heterocycles. The smallest absolute Gasteiger partial charge is 0.194 e. The third kappa shape index (κ3) is 1.99. The normalized spacial score (nSPS) is 13.0. The van der Waals surface area contributed by atoms with Crippen molar-refractivity contribution in [3.8, 4) is 0 Å². The quantitative estimate of drug-likeness (QED) is 0.687. The van der Waals surface area contributed by atoms with Crippen LogP contribution in [0.2, 0.25) is 0 Å². The zero-order valence-electron chi connectivity index (χ0n) is 6.60. The summed E-state index contributed by atoms with van der Waals surface area (Å²) < 4.78 is 37.6. The molecule has 13 heavy (non-hydrogen) atoms. The van der Waals surface area contributed by atoms with Crippen LogP contribution in [0.15, 0.2) is 12.1 Å². The molecule has 0 radical (unpaired) electrons. The van der Waals surface area contributed by atoms with Crippen molar-refractivity contribution in [1.82, 2.24) is 0 Å². The van der Waals surface area contributed by atoms with Crippen LogP contribution in [0.25, 0.3) is 0 Å². The van der Waals surface area contributed by atoms with Gasteiger partial charge in [-0.1, -0.05) is 0 Å². The zero-order valence-corrected chi connectivity index (χ0v) is 6.60. The van der Waals surface area contributed by atoms with E-state index in [1.165, 1.54) is 0 Å². The van der Waals surface area contributed by atoms with Gasteiger partial charge in [-0.15, -0.1) is 0 Å². The molecular formula is C8H8F3NO. The molecule has 0 heterocycles. The summed E-state index contributed by atoms with van der Waals surface area (Å²) in [5.74, 6) is -4.15. The second-order valence-corrected chi connectivity index (χ2v) is 2.59. The van der Waals surface area contributed by atoms with Gasteiger partial charge in [0.05, 0.1) is 12.6 Å². The first-order chi connectivity index (χ1) is 6.06. The molecule has 1 atom stereocenters. The van der Waals surface area contributed by atoms with Crippen LogP contribution in [0, 0.1) is 17.5 Å². The minimum atomic E-state index is -1.53. The van der Waals surface area contributed by atoms with Crippen molar-refractivity contribution < 1.29 is 18.3 Å². The first-order valence-corrected chi connectivity index (χ1v) is 3.57. The van der Waals surface area contributed by atoms with Crippen molar-refractivity contribution in [1.29, 1.82) is 0 Å². The van der Waals surface area contributed by atoms with E-state index in [9.17, 15) is 13.2 Å². The van der Waals surface area contributed by atoms with Crippen LogP contribution in [0.1, 0.15) is 11.6 Å². The Morgan fingerprint density at radius 3 is 2.08 bits per heavy atom. The van der Waals surface area contributed by atoms with Gasteiger partial charge in [-0.3, -0.25) is 0 Å². The van der Waals surface area contributed by atoms with Gasteiger partial charge in [-0.05, 0) is 17.7 Å². The Balaban J connectivity index is 3.13. The number of nitrogens with two attached hydrogens (primary N) is 1. The predicted molar refractivity (Wildman–Crippen MR) is 40.3 cm³/mol. The maximum atomic E-state index is 12.6. The van der Waals surface area contributed by atoms with E-state index in [4.69, 9.17) is 10.8 Å². The molecule has 0 aliphatic rings. The molecule has 0 amide bonds. The first kappa shape index (κ1) is 10.0. The van der Waals surface area contributed by atoms with Crippen molar-refractivity contribution in [3.63, 3.8) is 0 Å². The van der Waals surface area contributed by atoms with E-state index in [0.717, 1.165) is 12.1 Å². The number of halogens is 3. The van der Waals surface area contributed by atoms with Gasteiger partial charge in [0.25, 0.3) is 0 Å². The largest absolute Gasteiger partial charge is 0.394 e. The number of aliphatic hydroxyl groups is 1. The summed E-state index contributed by atoms with van der Waals surface area (Å²) in [5.41, 5.74) is 5.30. The predicted octanol–water partition coefficient (Wildman–Crippen LogP) is 1.10. The molecular weight excluding hydrogens is 183 g/mol. The Morgan fingerprint density at radius 1 is 1.23 bits per heavy atom. The highest BCUT2D eigenvalue weighted by molar-refractivity contribution is 5.22. The fourth-order valence-electron chi connectivity index (χ4n) is 0.895. The summed E-state index contributed by atoms with van der Waals surface area (Å²) in [5, 5.41) is 8.58. The van der Waals surface area contributed by atoms with Crippen molar-refractivity contribution in [2.75, 3.05) is 6.61 Å². The molecule has 0 unspecified atom stereocenters. The number of aliphatic hydroxyl groups excluding tert-OH is 1. The fraction of sp³-hybridized carbons (Fsp3) is 0.250. The monoisotopic (exact) mass is 191 g/mol. The average molecular weight is 191 g/mol. The summed E-state index contributed by atoms with van der Waals surface area (Å²) in [7, 11) is 0.